The molecule has 6 nitrogen and oxygen atoms in total. The molecule has 1 saturated heterocycles. The van der Waals surface area contributed by atoms with Gasteiger partial charge in [0.2, 0.25) is 0 Å². The van der Waals surface area contributed by atoms with Crippen LogP contribution in [0.3, 0.4) is 0 Å². The van der Waals surface area contributed by atoms with Crippen LogP contribution in [0, 0.1) is 5.82 Å². The van der Waals surface area contributed by atoms with Crippen LogP contribution >= 0.6 is 28.1 Å². The number of rotatable bonds is 5. The number of carbonyl (C=O) groups is 2. The Hall–Kier alpha value is -3.30. The molecule has 1 N–H and O–H groups in total. The zero-order valence-corrected chi connectivity index (χ0v) is 19.2. The molecule has 0 bridgehead atoms. The quantitative estimate of drug-likeness (QED) is 0.307. The third-order valence-corrected chi connectivity index (χ3v) is 5.56. The summed E-state index contributed by atoms with van der Waals surface area (Å²) in [6.45, 7) is 2.16. The first-order chi connectivity index (χ1) is 15.4. The van der Waals surface area contributed by atoms with Crippen molar-refractivity contribution in [2.24, 2.45) is 0 Å². The van der Waals surface area contributed by atoms with Gasteiger partial charge in [-0.1, -0.05) is 15.9 Å². The van der Waals surface area contributed by atoms with E-state index < -0.39 is 17.6 Å². The van der Waals surface area contributed by atoms with Crippen LogP contribution in [0.15, 0.2) is 70.8 Å². The summed E-state index contributed by atoms with van der Waals surface area (Å²) in [6.07, 6.45) is 3.27. The molecule has 0 aliphatic carbocycles. The number of amides is 2. The molecule has 162 valence electrons. The topological polar surface area (TPSA) is 63.6 Å². The Morgan fingerprint density at radius 2 is 1.91 bits per heavy atom. The van der Waals surface area contributed by atoms with Crippen LogP contribution in [0.4, 0.5) is 10.1 Å². The second-order valence-corrected chi connectivity index (χ2v) is 8.09. The van der Waals surface area contributed by atoms with Gasteiger partial charge < -0.3 is 9.30 Å². The molecule has 1 aliphatic heterocycles. The summed E-state index contributed by atoms with van der Waals surface area (Å²) in [5.74, 6) is -1.73. The van der Waals surface area contributed by atoms with Crippen LogP contribution in [0.2, 0.25) is 0 Å². The highest BCUT2D eigenvalue weighted by molar-refractivity contribution is 9.10. The second-order valence-electron chi connectivity index (χ2n) is 6.78. The van der Waals surface area contributed by atoms with Crippen molar-refractivity contribution >= 4 is 56.8 Å². The third kappa shape index (κ3) is 4.21. The van der Waals surface area contributed by atoms with Gasteiger partial charge in [0.05, 0.1) is 12.3 Å². The van der Waals surface area contributed by atoms with E-state index in [0.717, 1.165) is 15.1 Å². The van der Waals surface area contributed by atoms with Gasteiger partial charge in [-0.25, -0.2) is 9.29 Å². The van der Waals surface area contributed by atoms with E-state index in [1.54, 1.807) is 19.1 Å². The third-order valence-electron chi connectivity index (χ3n) is 4.75. The number of benzene rings is 2. The van der Waals surface area contributed by atoms with Crippen LogP contribution in [0.1, 0.15) is 12.6 Å². The number of halogens is 2. The molecule has 0 unspecified atom stereocenters. The average Bonchev–Trinajstić information content (AvgIpc) is 3.21. The van der Waals surface area contributed by atoms with E-state index in [2.05, 4.69) is 21.2 Å². The molecule has 0 saturated carbocycles. The maximum atomic E-state index is 14.8. The second kappa shape index (κ2) is 9.05. The first-order valence-corrected chi connectivity index (χ1v) is 10.9. The molecule has 1 aliphatic rings. The van der Waals surface area contributed by atoms with Crippen molar-refractivity contribution in [2.45, 2.75) is 6.92 Å². The van der Waals surface area contributed by atoms with E-state index in [1.165, 1.54) is 24.3 Å². The summed E-state index contributed by atoms with van der Waals surface area (Å²) in [6, 6.07) is 15.2. The van der Waals surface area contributed by atoms with E-state index in [0.29, 0.717) is 18.1 Å². The van der Waals surface area contributed by atoms with Gasteiger partial charge in [-0.15, -0.1) is 0 Å². The van der Waals surface area contributed by atoms with E-state index in [4.69, 9.17) is 17.0 Å². The monoisotopic (exact) mass is 513 g/mol. The smallest absolute Gasteiger partial charge is 0.270 e. The fourth-order valence-electron chi connectivity index (χ4n) is 3.30. The highest BCUT2D eigenvalue weighted by atomic mass is 79.9. The molecular weight excluding hydrogens is 497 g/mol. The normalized spacial score (nSPS) is 15.3. The Labute approximate surface area is 197 Å². The fourth-order valence-corrected chi connectivity index (χ4v) is 3.84. The summed E-state index contributed by atoms with van der Waals surface area (Å²) in [4.78, 5) is 26.8. The SMILES string of the molecule is CCOc1ccc(N2C(=O)/C(=C/c3cccn3-c3ccc(Br)cc3)C(=O)NC2=S)c(F)c1. The van der Waals surface area contributed by atoms with Crippen molar-refractivity contribution in [3.05, 3.63) is 82.4 Å². The summed E-state index contributed by atoms with van der Waals surface area (Å²) in [5.41, 5.74) is 1.21. The predicted octanol–water partition coefficient (Wildman–Crippen LogP) is 4.61. The number of hydrogen-bond donors (Lipinski definition) is 1. The van der Waals surface area contributed by atoms with Gasteiger partial charge in [0.1, 0.15) is 11.3 Å². The predicted molar refractivity (Wildman–Crippen MR) is 127 cm³/mol. The summed E-state index contributed by atoms with van der Waals surface area (Å²) in [7, 11) is 0. The summed E-state index contributed by atoms with van der Waals surface area (Å²) in [5, 5.41) is 2.28. The van der Waals surface area contributed by atoms with Crippen LogP contribution in [-0.2, 0) is 9.59 Å². The fraction of sp³-hybridized carbons (Fsp3) is 0.0870. The van der Waals surface area contributed by atoms with Gasteiger partial charge in [0, 0.05) is 28.1 Å². The van der Waals surface area contributed by atoms with Gasteiger partial charge in [-0.2, -0.15) is 0 Å². The maximum Gasteiger partial charge on any atom is 0.270 e. The highest BCUT2D eigenvalue weighted by Gasteiger charge is 2.36. The number of hydrogen-bond acceptors (Lipinski definition) is 4. The van der Waals surface area contributed by atoms with Crippen molar-refractivity contribution in [1.82, 2.24) is 9.88 Å². The van der Waals surface area contributed by atoms with Crippen molar-refractivity contribution in [2.75, 3.05) is 11.5 Å². The minimum Gasteiger partial charge on any atom is -0.494 e. The maximum absolute atomic E-state index is 14.8. The molecule has 3 aromatic rings. The van der Waals surface area contributed by atoms with Gasteiger partial charge in [-0.3, -0.25) is 14.9 Å². The lowest BCUT2D eigenvalue weighted by Crippen LogP contribution is -2.54. The number of aromatic nitrogens is 1. The molecule has 1 fully saturated rings. The van der Waals surface area contributed by atoms with Gasteiger partial charge in [0.25, 0.3) is 11.8 Å². The lowest BCUT2D eigenvalue weighted by Gasteiger charge is -2.29. The van der Waals surface area contributed by atoms with Crippen LogP contribution in [-0.4, -0.2) is 28.1 Å². The zero-order chi connectivity index (χ0) is 22.8. The van der Waals surface area contributed by atoms with E-state index in [-0.39, 0.29) is 16.4 Å². The lowest BCUT2D eigenvalue weighted by molar-refractivity contribution is -0.122. The Bertz CT molecular complexity index is 1250. The molecule has 4 rings (SSSR count). The molecule has 0 atom stereocenters. The number of carbonyl (C=O) groups excluding carboxylic acids is 2. The molecule has 2 amide bonds. The van der Waals surface area contributed by atoms with Gasteiger partial charge in [-0.05, 0) is 73.7 Å². The van der Waals surface area contributed by atoms with Gasteiger partial charge >= 0.3 is 0 Å². The zero-order valence-electron chi connectivity index (χ0n) is 16.8. The number of thiocarbonyl (C=S) groups is 1. The minimum absolute atomic E-state index is 0.0716. The van der Waals surface area contributed by atoms with Crippen molar-refractivity contribution < 1.29 is 18.7 Å². The summed E-state index contributed by atoms with van der Waals surface area (Å²) >= 11 is 8.56. The summed E-state index contributed by atoms with van der Waals surface area (Å²) < 4.78 is 22.8. The molecule has 2 aromatic carbocycles. The lowest BCUT2D eigenvalue weighted by atomic mass is 10.1. The average molecular weight is 514 g/mol. The van der Waals surface area contributed by atoms with Crippen molar-refractivity contribution in [3.8, 4) is 11.4 Å². The van der Waals surface area contributed by atoms with Crippen LogP contribution < -0.4 is 15.0 Å². The molecule has 0 radical (unpaired) electrons. The molecular formula is C23H17BrFN3O3S. The number of nitrogens with one attached hydrogen (secondary N) is 1. The Morgan fingerprint density at radius 1 is 1.16 bits per heavy atom. The Balaban J connectivity index is 1.72. The van der Waals surface area contributed by atoms with Crippen LogP contribution in [0.25, 0.3) is 11.8 Å². The number of nitrogens with zero attached hydrogens (tertiary/aromatic N) is 2. The van der Waals surface area contributed by atoms with Crippen molar-refractivity contribution in [3.63, 3.8) is 0 Å². The molecule has 1 aromatic heterocycles. The van der Waals surface area contributed by atoms with Gasteiger partial charge in [0.15, 0.2) is 10.9 Å². The molecule has 32 heavy (non-hydrogen) atoms. The first-order valence-electron chi connectivity index (χ1n) is 9.66. The number of ether oxygens (including phenoxy) is 1. The Kier molecular flexibility index (Phi) is 6.20. The van der Waals surface area contributed by atoms with E-state index >= 15 is 0 Å². The largest absolute Gasteiger partial charge is 0.494 e. The van der Waals surface area contributed by atoms with E-state index in [1.807, 2.05) is 35.0 Å². The highest BCUT2D eigenvalue weighted by Crippen LogP contribution is 2.28. The standard InChI is InChI=1S/C23H17BrFN3O3S/c1-2-31-17-9-10-20(19(25)13-17)28-22(30)18(21(29)26-23(28)32)12-16-4-3-11-27(16)15-7-5-14(24)6-8-15/h3-13H,2H2,1H3,(H,26,29,32)/b18-12+. The number of anilines is 1. The van der Waals surface area contributed by atoms with Crippen molar-refractivity contribution in [1.29, 1.82) is 0 Å². The molecule has 0 spiro atoms. The Morgan fingerprint density at radius 3 is 2.59 bits per heavy atom. The molecule has 2 heterocycles. The first kappa shape index (κ1) is 21.9. The molecule has 9 heteroatoms. The van der Waals surface area contributed by atoms with E-state index in [9.17, 15) is 14.0 Å². The minimum atomic E-state index is -0.717. The van der Waals surface area contributed by atoms with Crippen LogP contribution in [0.5, 0.6) is 5.75 Å².